The van der Waals surface area contributed by atoms with Gasteiger partial charge in [0, 0.05) is 7.11 Å². The predicted octanol–water partition coefficient (Wildman–Crippen LogP) is 0.589. The number of hydrogen-bond acceptors (Lipinski definition) is 2. The van der Waals surface area contributed by atoms with Crippen LogP contribution in [0.5, 0.6) is 0 Å². The Morgan fingerprint density at radius 1 is 1.75 bits per heavy atom. The first-order valence-electron chi connectivity index (χ1n) is 2.64. The molecule has 0 saturated carbocycles. The smallest absolute Gasteiger partial charge is 0.0626 e. The van der Waals surface area contributed by atoms with E-state index in [1.807, 2.05) is 0 Å². The van der Waals surface area contributed by atoms with E-state index in [-0.39, 0.29) is 5.38 Å². The SMILES string of the molecule is COCC(Cl)CCN. The van der Waals surface area contributed by atoms with E-state index in [9.17, 15) is 0 Å². The third kappa shape index (κ3) is 4.37. The van der Waals surface area contributed by atoms with Crippen LogP contribution in [-0.2, 0) is 4.74 Å². The van der Waals surface area contributed by atoms with Crippen LogP contribution in [0.1, 0.15) is 6.42 Å². The number of rotatable bonds is 4. The van der Waals surface area contributed by atoms with Crippen LogP contribution in [0.4, 0.5) is 0 Å². The fourth-order valence-electron chi connectivity index (χ4n) is 0.445. The van der Waals surface area contributed by atoms with Gasteiger partial charge in [0.1, 0.15) is 0 Å². The molecule has 0 radical (unpaired) electrons. The van der Waals surface area contributed by atoms with E-state index in [0.29, 0.717) is 13.2 Å². The number of methoxy groups -OCH3 is 1. The van der Waals surface area contributed by atoms with Crippen molar-refractivity contribution < 1.29 is 4.74 Å². The summed E-state index contributed by atoms with van der Waals surface area (Å²) in [6.07, 6.45) is 0.829. The zero-order chi connectivity index (χ0) is 6.41. The molecule has 3 heteroatoms. The van der Waals surface area contributed by atoms with Gasteiger partial charge in [-0.25, -0.2) is 0 Å². The van der Waals surface area contributed by atoms with Gasteiger partial charge in [-0.3, -0.25) is 0 Å². The predicted molar refractivity (Wildman–Crippen MR) is 35.2 cm³/mol. The third-order valence-electron chi connectivity index (χ3n) is 0.827. The second kappa shape index (κ2) is 5.35. The Morgan fingerprint density at radius 2 is 2.38 bits per heavy atom. The van der Waals surface area contributed by atoms with E-state index in [0.717, 1.165) is 6.42 Å². The number of ether oxygens (including phenoxy) is 1. The molecule has 50 valence electrons. The molecule has 1 unspecified atom stereocenters. The topological polar surface area (TPSA) is 35.2 Å². The number of alkyl halides is 1. The van der Waals surface area contributed by atoms with Crippen molar-refractivity contribution in [3.05, 3.63) is 0 Å². The standard InChI is InChI=1S/C5H12ClNO/c1-8-4-5(6)2-3-7/h5H,2-4,7H2,1H3. The normalized spacial score (nSPS) is 13.9. The van der Waals surface area contributed by atoms with Gasteiger partial charge in [0.25, 0.3) is 0 Å². The van der Waals surface area contributed by atoms with Gasteiger partial charge in [0.15, 0.2) is 0 Å². The molecule has 0 saturated heterocycles. The lowest BCUT2D eigenvalue weighted by Crippen LogP contribution is -2.12. The van der Waals surface area contributed by atoms with Gasteiger partial charge >= 0.3 is 0 Å². The van der Waals surface area contributed by atoms with Gasteiger partial charge in [0.2, 0.25) is 0 Å². The summed E-state index contributed by atoms with van der Waals surface area (Å²) in [6.45, 7) is 1.23. The minimum atomic E-state index is 0.0880. The Morgan fingerprint density at radius 3 is 2.75 bits per heavy atom. The molecule has 0 aliphatic rings. The van der Waals surface area contributed by atoms with Gasteiger partial charge < -0.3 is 10.5 Å². The van der Waals surface area contributed by atoms with Crippen LogP contribution in [0.3, 0.4) is 0 Å². The van der Waals surface area contributed by atoms with Crippen molar-refractivity contribution in [3.63, 3.8) is 0 Å². The van der Waals surface area contributed by atoms with Gasteiger partial charge in [-0.1, -0.05) is 0 Å². The molecular formula is C5H12ClNO. The van der Waals surface area contributed by atoms with Crippen molar-refractivity contribution in [1.29, 1.82) is 0 Å². The van der Waals surface area contributed by atoms with Gasteiger partial charge in [-0.15, -0.1) is 11.6 Å². The van der Waals surface area contributed by atoms with Gasteiger partial charge in [0.05, 0.1) is 12.0 Å². The maximum absolute atomic E-state index is 5.68. The average Bonchev–Trinajstić information content (AvgIpc) is 1.68. The maximum Gasteiger partial charge on any atom is 0.0626 e. The molecule has 0 aromatic heterocycles. The van der Waals surface area contributed by atoms with E-state index in [1.54, 1.807) is 7.11 Å². The summed E-state index contributed by atoms with van der Waals surface area (Å²) in [4.78, 5) is 0. The molecule has 0 bridgehead atoms. The van der Waals surface area contributed by atoms with Crippen LogP contribution in [0.15, 0.2) is 0 Å². The molecule has 0 spiro atoms. The minimum absolute atomic E-state index is 0.0880. The van der Waals surface area contributed by atoms with Crippen molar-refractivity contribution in [1.82, 2.24) is 0 Å². The lowest BCUT2D eigenvalue weighted by molar-refractivity contribution is 0.196. The fourth-order valence-corrected chi connectivity index (χ4v) is 0.697. The van der Waals surface area contributed by atoms with Crippen molar-refractivity contribution >= 4 is 11.6 Å². The van der Waals surface area contributed by atoms with E-state index >= 15 is 0 Å². The van der Waals surface area contributed by atoms with Crippen LogP contribution >= 0.6 is 11.6 Å². The zero-order valence-corrected chi connectivity index (χ0v) is 5.82. The quantitative estimate of drug-likeness (QED) is 0.576. The van der Waals surface area contributed by atoms with Crippen molar-refractivity contribution in [2.24, 2.45) is 5.73 Å². The molecule has 0 rings (SSSR count). The molecule has 0 aromatic rings. The van der Waals surface area contributed by atoms with Crippen molar-refractivity contribution in [2.75, 3.05) is 20.3 Å². The maximum atomic E-state index is 5.68. The Kier molecular flexibility index (Phi) is 5.49. The Hall–Kier alpha value is 0.210. The molecule has 2 N–H and O–H groups in total. The Bertz CT molecular complexity index is 45.7. The van der Waals surface area contributed by atoms with E-state index in [1.165, 1.54) is 0 Å². The van der Waals surface area contributed by atoms with Crippen molar-refractivity contribution in [2.45, 2.75) is 11.8 Å². The van der Waals surface area contributed by atoms with E-state index < -0.39 is 0 Å². The van der Waals surface area contributed by atoms with Gasteiger partial charge in [-0.2, -0.15) is 0 Å². The summed E-state index contributed by atoms with van der Waals surface area (Å²) >= 11 is 5.68. The molecule has 1 atom stereocenters. The molecule has 8 heavy (non-hydrogen) atoms. The molecule has 0 heterocycles. The minimum Gasteiger partial charge on any atom is -0.383 e. The summed E-state index contributed by atoms with van der Waals surface area (Å²) in [5.74, 6) is 0. The number of hydrogen-bond donors (Lipinski definition) is 1. The van der Waals surface area contributed by atoms with Crippen LogP contribution < -0.4 is 5.73 Å². The first kappa shape index (κ1) is 8.21. The molecule has 0 aromatic carbocycles. The first-order valence-corrected chi connectivity index (χ1v) is 3.08. The molecule has 0 fully saturated rings. The molecule has 0 aliphatic carbocycles. The summed E-state index contributed by atoms with van der Waals surface area (Å²) in [7, 11) is 1.63. The number of halogens is 1. The molecule has 0 aliphatic heterocycles. The number of nitrogens with two attached hydrogens (primary N) is 1. The summed E-state index contributed by atoms with van der Waals surface area (Å²) in [5.41, 5.74) is 5.22. The highest BCUT2D eigenvalue weighted by Crippen LogP contribution is 1.98. The second-order valence-corrected chi connectivity index (χ2v) is 2.25. The molecule has 2 nitrogen and oxygen atoms in total. The largest absolute Gasteiger partial charge is 0.383 e. The van der Waals surface area contributed by atoms with Gasteiger partial charge in [-0.05, 0) is 13.0 Å². The fraction of sp³-hybridized carbons (Fsp3) is 1.00. The highest BCUT2D eigenvalue weighted by Gasteiger charge is 1.99. The monoisotopic (exact) mass is 137 g/mol. The highest BCUT2D eigenvalue weighted by atomic mass is 35.5. The third-order valence-corrected chi connectivity index (χ3v) is 1.17. The second-order valence-electron chi connectivity index (χ2n) is 1.63. The lowest BCUT2D eigenvalue weighted by Gasteiger charge is -2.03. The van der Waals surface area contributed by atoms with E-state index in [2.05, 4.69) is 0 Å². The Balaban J connectivity index is 2.92. The zero-order valence-electron chi connectivity index (χ0n) is 5.06. The molecule has 0 amide bonds. The van der Waals surface area contributed by atoms with Crippen LogP contribution in [0.2, 0.25) is 0 Å². The molecular weight excluding hydrogens is 126 g/mol. The summed E-state index contributed by atoms with van der Waals surface area (Å²) < 4.78 is 4.77. The van der Waals surface area contributed by atoms with Crippen LogP contribution in [0.25, 0.3) is 0 Å². The van der Waals surface area contributed by atoms with Crippen LogP contribution in [-0.4, -0.2) is 25.6 Å². The first-order chi connectivity index (χ1) is 3.81. The van der Waals surface area contributed by atoms with Crippen LogP contribution in [0, 0.1) is 0 Å². The Labute approximate surface area is 55.0 Å². The van der Waals surface area contributed by atoms with Crippen molar-refractivity contribution in [3.8, 4) is 0 Å². The lowest BCUT2D eigenvalue weighted by atomic mass is 10.3. The highest BCUT2D eigenvalue weighted by molar-refractivity contribution is 6.20. The van der Waals surface area contributed by atoms with E-state index in [4.69, 9.17) is 22.1 Å². The summed E-state index contributed by atoms with van der Waals surface area (Å²) in [5, 5.41) is 0.0880. The average molecular weight is 138 g/mol. The summed E-state index contributed by atoms with van der Waals surface area (Å²) in [6, 6.07) is 0.